The Labute approximate surface area is 424 Å². The molecule has 2 aliphatic heterocycles. The zero-order valence-corrected chi connectivity index (χ0v) is 47.1. The van der Waals surface area contributed by atoms with Crippen LogP contribution >= 0.6 is 139 Å². The number of thioether (sulfide) groups is 8. The minimum absolute atomic E-state index is 1.13. The molecule has 4 aromatic rings. The Kier molecular flexibility index (Phi) is 22.2. The maximum Gasteiger partial charge on any atom is 0.0657 e. The molecule has 0 bridgehead atoms. The van der Waals surface area contributed by atoms with Gasteiger partial charge in [-0.15, -0.1) is 92.4 Å². The van der Waals surface area contributed by atoms with Gasteiger partial charge in [-0.05, 0) is 172 Å². The molecule has 4 aromatic heterocycles. The Hall–Kier alpha value is -0.220. The molecule has 0 amide bonds. The van der Waals surface area contributed by atoms with E-state index in [4.69, 9.17) is 0 Å². The van der Waals surface area contributed by atoms with Crippen molar-refractivity contribution in [1.29, 1.82) is 0 Å². The molecule has 0 aromatic carbocycles. The molecular formula is C50H60S12. The third-order valence-electron chi connectivity index (χ3n) is 10.2. The summed E-state index contributed by atoms with van der Waals surface area (Å²) in [4.78, 5) is 11.1. The normalized spacial score (nSPS) is 14.8. The van der Waals surface area contributed by atoms with E-state index in [1.807, 2.05) is 139 Å². The lowest BCUT2D eigenvalue weighted by molar-refractivity contribution is 0.796. The van der Waals surface area contributed by atoms with E-state index in [0.717, 1.165) is 25.7 Å². The third-order valence-corrected chi connectivity index (χ3v) is 24.8. The van der Waals surface area contributed by atoms with Crippen LogP contribution in [-0.2, 0) is 25.7 Å². The average molecular weight is 1050 g/mol. The van der Waals surface area contributed by atoms with Gasteiger partial charge in [-0.1, -0.05) is 100 Å². The molecule has 0 radical (unpaired) electrons. The lowest BCUT2D eigenvalue weighted by atomic mass is 10.1. The number of thiophene rings is 4. The fourth-order valence-electron chi connectivity index (χ4n) is 6.87. The number of rotatable bonds is 24. The van der Waals surface area contributed by atoms with E-state index in [-0.39, 0.29) is 0 Å². The second kappa shape index (κ2) is 26.9. The van der Waals surface area contributed by atoms with Crippen molar-refractivity contribution in [1.82, 2.24) is 0 Å². The van der Waals surface area contributed by atoms with Crippen molar-refractivity contribution in [2.24, 2.45) is 0 Å². The van der Waals surface area contributed by atoms with Crippen molar-refractivity contribution in [2.75, 3.05) is 25.0 Å². The van der Waals surface area contributed by atoms with Crippen LogP contribution in [0, 0.1) is 0 Å². The van der Waals surface area contributed by atoms with E-state index in [9.17, 15) is 0 Å². The highest BCUT2D eigenvalue weighted by Crippen LogP contribution is 2.58. The number of aryl methyl sites for hydroxylation is 4. The Balaban J connectivity index is 1.22. The monoisotopic (exact) mass is 1040 g/mol. The van der Waals surface area contributed by atoms with Crippen molar-refractivity contribution >= 4 is 188 Å². The first kappa shape index (κ1) is 51.2. The quantitative estimate of drug-likeness (QED) is 0.0672. The molecule has 0 unspecified atom stereocenters. The summed E-state index contributed by atoms with van der Waals surface area (Å²) in [6, 6.07) is 9.84. The highest BCUT2D eigenvalue weighted by Gasteiger charge is 2.22. The lowest BCUT2D eigenvalue weighted by Gasteiger charge is -2.00. The van der Waals surface area contributed by atoms with Gasteiger partial charge in [-0.2, -0.15) is 0 Å². The summed E-state index contributed by atoms with van der Waals surface area (Å²) in [6.07, 6.45) is 42.3. The number of unbranched alkanes of at least 4 members (excludes halogenated alkanes) is 4. The van der Waals surface area contributed by atoms with Crippen LogP contribution in [0.15, 0.2) is 49.7 Å². The van der Waals surface area contributed by atoms with Gasteiger partial charge >= 0.3 is 0 Å². The van der Waals surface area contributed by atoms with Crippen LogP contribution in [0.2, 0.25) is 0 Å². The second-order valence-electron chi connectivity index (χ2n) is 14.9. The molecule has 6 rings (SSSR count). The summed E-state index contributed by atoms with van der Waals surface area (Å²) >= 11 is 23.0. The van der Waals surface area contributed by atoms with Crippen molar-refractivity contribution in [3.05, 3.63) is 111 Å². The van der Waals surface area contributed by atoms with E-state index >= 15 is 0 Å². The molecule has 0 nitrogen and oxygen atoms in total. The molecule has 0 atom stereocenters. The molecule has 0 N–H and O–H groups in total. The van der Waals surface area contributed by atoms with E-state index in [0.29, 0.717) is 0 Å². The van der Waals surface area contributed by atoms with Crippen molar-refractivity contribution in [3.8, 4) is 0 Å². The van der Waals surface area contributed by atoms with Gasteiger partial charge in [-0.3, -0.25) is 0 Å². The van der Waals surface area contributed by atoms with Gasteiger partial charge in [0.2, 0.25) is 0 Å². The summed E-state index contributed by atoms with van der Waals surface area (Å²) in [6.45, 7) is 9.21. The fourth-order valence-corrected chi connectivity index (χ4v) is 21.2. The van der Waals surface area contributed by atoms with Crippen LogP contribution in [-0.4, -0.2) is 25.0 Å². The highest BCUT2D eigenvalue weighted by molar-refractivity contribution is 8.41. The van der Waals surface area contributed by atoms with Crippen LogP contribution in [0.25, 0.3) is 48.6 Å². The predicted molar refractivity (Wildman–Crippen MR) is 313 cm³/mol. The maximum atomic E-state index is 2.46. The van der Waals surface area contributed by atoms with Crippen LogP contribution in [0.3, 0.4) is 0 Å². The maximum absolute atomic E-state index is 2.46. The Morgan fingerprint density at radius 2 is 0.629 bits per heavy atom. The third kappa shape index (κ3) is 14.6. The minimum atomic E-state index is 1.13. The molecule has 0 saturated carbocycles. The van der Waals surface area contributed by atoms with Crippen LogP contribution in [0.5, 0.6) is 0 Å². The fraction of sp³-hybridized carbons (Fsp3) is 0.400. The Morgan fingerprint density at radius 3 is 0.887 bits per heavy atom. The van der Waals surface area contributed by atoms with Crippen LogP contribution in [0.4, 0.5) is 0 Å². The van der Waals surface area contributed by atoms with E-state index in [1.54, 1.807) is 0 Å². The van der Waals surface area contributed by atoms with Crippen molar-refractivity contribution in [3.63, 3.8) is 0 Å². The lowest BCUT2D eigenvalue weighted by Crippen LogP contribution is -1.85. The molecule has 0 saturated heterocycles. The number of hydrogen-bond donors (Lipinski definition) is 0. The van der Waals surface area contributed by atoms with Gasteiger partial charge in [-0.25, -0.2) is 0 Å². The van der Waals surface area contributed by atoms with Gasteiger partial charge in [0.05, 0.1) is 25.4 Å². The van der Waals surface area contributed by atoms with Gasteiger partial charge in [0, 0.05) is 39.0 Å². The summed E-state index contributed by atoms with van der Waals surface area (Å²) in [5.74, 6) is 0. The van der Waals surface area contributed by atoms with E-state index in [1.165, 1.54) is 138 Å². The van der Waals surface area contributed by atoms with E-state index in [2.05, 4.69) is 126 Å². The molecule has 2 aliphatic rings. The van der Waals surface area contributed by atoms with E-state index < -0.39 is 0 Å². The zero-order valence-electron chi connectivity index (χ0n) is 37.3. The van der Waals surface area contributed by atoms with Crippen molar-refractivity contribution in [2.45, 2.75) is 105 Å². The molecule has 12 heteroatoms. The Morgan fingerprint density at radius 1 is 0.371 bits per heavy atom. The first-order valence-corrected chi connectivity index (χ1v) is 33.1. The molecule has 62 heavy (non-hydrogen) atoms. The molecular weight excluding hydrogens is 985 g/mol. The average Bonchev–Trinajstić information content (AvgIpc) is 4.15. The summed E-state index contributed by atoms with van der Waals surface area (Å²) in [5, 5.41) is 0. The molecule has 0 fully saturated rings. The first-order valence-electron chi connectivity index (χ1n) is 21.7. The topological polar surface area (TPSA) is 0 Å². The summed E-state index contributed by atoms with van der Waals surface area (Å²) < 4.78 is 8.53. The second-order valence-corrected chi connectivity index (χ2v) is 28.4. The highest BCUT2D eigenvalue weighted by atomic mass is 32.3. The molecule has 0 spiro atoms. The van der Waals surface area contributed by atoms with Gasteiger partial charge in [0.1, 0.15) is 0 Å². The standard InChI is InChI=1S/C50H60S12/c1-9-13-17-33-27-37(55-41(33)23-25-43-35(19-15-11-3)29-39(57-43)31-45-59-47(51-5)48(52-6)60-45)21-22-38-28-34(18-14-10-2)42(56-38)24-26-44-36(20-16-12-4)30-40(58-44)32-46-61-49(53-7)50(54-8)62-46/h21-32H,9-20H2,1-8H3/b22-21+,25-23+,26-24+. The summed E-state index contributed by atoms with van der Waals surface area (Å²) in [5.41, 5.74) is 5.96. The SMILES string of the molecule is CCCCc1cc(C=C2SC(SC)=C(SC)S2)sc1/C=C/c1sc(/C=C/c2cc(CCCC)c(/C=C/c3sc(C=C4SC(SC)=C(SC)S4)cc3CCCC)s2)cc1CCCC. The minimum Gasteiger partial charge on any atom is -0.136 e. The summed E-state index contributed by atoms with van der Waals surface area (Å²) in [7, 11) is 0. The predicted octanol–water partition coefficient (Wildman–Crippen LogP) is 21.1. The zero-order chi connectivity index (χ0) is 43.8. The van der Waals surface area contributed by atoms with Gasteiger partial charge in [0.25, 0.3) is 0 Å². The molecule has 0 aliphatic carbocycles. The largest absolute Gasteiger partial charge is 0.136 e. The van der Waals surface area contributed by atoms with Crippen LogP contribution in [0.1, 0.15) is 140 Å². The first-order chi connectivity index (χ1) is 30.3. The number of hydrogen-bond acceptors (Lipinski definition) is 12. The molecule has 332 valence electrons. The van der Waals surface area contributed by atoms with Gasteiger partial charge < -0.3 is 0 Å². The van der Waals surface area contributed by atoms with Gasteiger partial charge in [0.15, 0.2) is 0 Å². The van der Waals surface area contributed by atoms with Crippen LogP contribution < -0.4 is 0 Å². The molecule has 6 heterocycles. The smallest absolute Gasteiger partial charge is 0.0657 e. The van der Waals surface area contributed by atoms with Crippen molar-refractivity contribution < 1.29 is 0 Å². The Bertz CT molecular complexity index is 2110.